The minimum Gasteiger partial charge on any atom is -0.455 e. The molecular weight excluding hydrogens is 717 g/mol. The Morgan fingerprint density at radius 2 is 1.32 bits per heavy atom. The molecule has 10 aromatic rings. The summed E-state index contributed by atoms with van der Waals surface area (Å²) in [5, 5.41) is 14.9. The zero-order valence-corrected chi connectivity index (χ0v) is 31.8. The van der Waals surface area contributed by atoms with Gasteiger partial charge in [-0.05, 0) is 53.5 Å². The van der Waals surface area contributed by atoms with Crippen LogP contribution in [0.5, 0.6) is 0 Å². The Balaban J connectivity index is 1.01. The summed E-state index contributed by atoms with van der Waals surface area (Å²) < 4.78 is 11.9. The predicted molar refractivity (Wildman–Crippen MR) is 237 cm³/mol. The predicted octanol–water partition coefficient (Wildman–Crippen LogP) is 11.0. The van der Waals surface area contributed by atoms with Crippen LogP contribution in [0.3, 0.4) is 0 Å². The molecule has 12 rings (SSSR count). The van der Waals surface area contributed by atoms with E-state index in [1.807, 2.05) is 11.3 Å². The molecule has 5 nitrogen and oxygen atoms in total. The summed E-state index contributed by atoms with van der Waals surface area (Å²) in [7, 11) is 0. The summed E-state index contributed by atoms with van der Waals surface area (Å²) in [4.78, 5) is 5.36. The largest absolute Gasteiger partial charge is 0.455 e. The molecule has 0 fully saturated rings. The molecule has 1 aliphatic heterocycles. The Morgan fingerprint density at radius 3 is 2.11 bits per heavy atom. The highest BCUT2D eigenvalue weighted by Crippen LogP contribution is 2.41. The molecule has 2 N–H and O–H groups in total. The number of nitrogens with zero attached hydrogens (tertiary/aromatic N) is 2. The Kier molecular flexibility index (Phi) is 7.37. The summed E-state index contributed by atoms with van der Waals surface area (Å²) >= 11 is 1.89. The number of aliphatic imine (C=N–C) groups is 1. The molecule has 0 saturated heterocycles. The molecule has 272 valence electrons. The molecule has 2 atom stereocenters. The first kappa shape index (κ1) is 32.5. The van der Waals surface area contributed by atoms with Crippen LogP contribution in [0.1, 0.15) is 30.1 Å². The van der Waals surface area contributed by atoms with E-state index in [1.165, 1.54) is 58.3 Å². The van der Waals surface area contributed by atoms with E-state index in [0.717, 1.165) is 57.4 Å². The van der Waals surface area contributed by atoms with E-state index in [2.05, 4.69) is 185 Å². The fraction of sp³-hybridized carbons (Fsp3) is 0.0784. The van der Waals surface area contributed by atoms with E-state index in [1.54, 1.807) is 0 Å². The molecule has 0 radical (unpaired) electrons. The number of hydrogen-bond donors (Lipinski definition) is 2. The Bertz CT molecular complexity index is 3320. The van der Waals surface area contributed by atoms with Gasteiger partial charge in [0.15, 0.2) is 0 Å². The number of amidine groups is 1. The van der Waals surface area contributed by atoms with Gasteiger partial charge in [0.05, 0.1) is 11.0 Å². The number of nitrogens with one attached hydrogen (secondary N) is 2. The Labute approximate surface area is 332 Å². The van der Waals surface area contributed by atoms with Gasteiger partial charge in [-0.25, -0.2) is 4.99 Å². The van der Waals surface area contributed by atoms with Crippen LogP contribution in [-0.2, 0) is 0 Å². The van der Waals surface area contributed by atoms with Crippen LogP contribution >= 0.6 is 11.3 Å². The topological polar surface area (TPSA) is 54.5 Å². The second kappa shape index (κ2) is 12.9. The smallest absolute Gasteiger partial charge is 0.143 e. The van der Waals surface area contributed by atoms with Crippen molar-refractivity contribution in [3.05, 3.63) is 185 Å². The maximum atomic E-state index is 6.92. The van der Waals surface area contributed by atoms with Gasteiger partial charge in [0.1, 0.15) is 29.3 Å². The zero-order valence-electron chi connectivity index (χ0n) is 30.9. The number of furan rings is 1. The van der Waals surface area contributed by atoms with Gasteiger partial charge in [0.25, 0.3) is 0 Å². The van der Waals surface area contributed by atoms with E-state index in [0.29, 0.717) is 0 Å². The molecule has 3 aromatic heterocycles. The highest BCUT2D eigenvalue weighted by Gasteiger charge is 2.28. The lowest BCUT2D eigenvalue weighted by Crippen LogP contribution is -2.50. The van der Waals surface area contributed by atoms with Gasteiger partial charge < -0.3 is 14.3 Å². The van der Waals surface area contributed by atoms with Crippen molar-refractivity contribution in [1.82, 2.24) is 15.2 Å². The minimum atomic E-state index is -0.168. The maximum Gasteiger partial charge on any atom is 0.143 e. The molecule has 7 aromatic carbocycles. The first-order valence-corrected chi connectivity index (χ1v) is 20.5. The number of para-hydroxylation sites is 3. The van der Waals surface area contributed by atoms with Crippen LogP contribution in [0.25, 0.3) is 82.3 Å². The number of rotatable bonds is 5. The van der Waals surface area contributed by atoms with Crippen LogP contribution in [0.2, 0.25) is 0 Å². The van der Waals surface area contributed by atoms with Gasteiger partial charge in [0.2, 0.25) is 0 Å². The molecule has 0 spiro atoms. The minimum absolute atomic E-state index is 0.0724. The quantitative estimate of drug-likeness (QED) is 0.184. The number of thiophene rings is 1. The molecule has 1 aliphatic carbocycles. The lowest BCUT2D eigenvalue weighted by Gasteiger charge is -2.33. The number of benzene rings is 7. The molecule has 2 aliphatic rings. The molecule has 57 heavy (non-hydrogen) atoms. The average molecular weight is 753 g/mol. The second-order valence-corrected chi connectivity index (χ2v) is 16.1. The average Bonchev–Trinajstić information content (AvgIpc) is 3.96. The van der Waals surface area contributed by atoms with Crippen LogP contribution < -0.4 is 20.4 Å². The van der Waals surface area contributed by atoms with Crippen molar-refractivity contribution in [2.75, 3.05) is 0 Å². The summed E-state index contributed by atoms with van der Waals surface area (Å²) in [6, 6.07) is 58.4. The summed E-state index contributed by atoms with van der Waals surface area (Å²) in [5.41, 5.74) is 11.2. The van der Waals surface area contributed by atoms with Crippen molar-refractivity contribution < 1.29 is 4.42 Å². The van der Waals surface area contributed by atoms with E-state index in [4.69, 9.17) is 9.41 Å². The van der Waals surface area contributed by atoms with Crippen LogP contribution in [-0.4, -0.2) is 16.6 Å². The van der Waals surface area contributed by atoms with Crippen LogP contribution in [0.4, 0.5) is 0 Å². The van der Waals surface area contributed by atoms with E-state index < -0.39 is 0 Å². The molecule has 0 bridgehead atoms. The summed E-state index contributed by atoms with van der Waals surface area (Å²) in [6.07, 6.45) is 4.11. The van der Waals surface area contributed by atoms with Gasteiger partial charge in [-0.3, -0.25) is 5.32 Å². The lowest BCUT2D eigenvalue weighted by atomic mass is 9.97. The lowest BCUT2D eigenvalue weighted by molar-refractivity contribution is 0.444. The maximum absolute atomic E-state index is 6.92. The van der Waals surface area contributed by atoms with E-state index in [9.17, 15) is 0 Å². The van der Waals surface area contributed by atoms with Crippen molar-refractivity contribution in [2.24, 2.45) is 4.99 Å². The molecule has 0 amide bonds. The Morgan fingerprint density at radius 1 is 0.632 bits per heavy atom. The van der Waals surface area contributed by atoms with Crippen LogP contribution in [0, 0.1) is 0 Å². The van der Waals surface area contributed by atoms with Gasteiger partial charge in [0, 0.05) is 64.6 Å². The highest BCUT2D eigenvalue weighted by atomic mass is 32.1. The van der Waals surface area contributed by atoms with Gasteiger partial charge >= 0.3 is 0 Å². The molecule has 0 saturated carbocycles. The van der Waals surface area contributed by atoms with Crippen molar-refractivity contribution in [2.45, 2.75) is 25.2 Å². The number of hydrogen-bond acceptors (Lipinski definition) is 5. The van der Waals surface area contributed by atoms with Gasteiger partial charge in [-0.15, -0.1) is 11.3 Å². The van der Waals surface area contributed by atoms with Crippen molar-refractivity contribution >= 4 is 82.7 Å². The summed E-state index contributed by atoms with van der Waals surface area (Å²) in [5.74, 6) is 0.913. The normalized spacial score (nSPS) is 16.9. The van der Waals surface area contributed by atoms with Gasteiger partial charge in [-0.1, -0.05) is 140 Å². The van der Waals surface area contributed by atoms with Crippen molar-refractivity contribution in [3.8, 4) is 16.8 Å². The Hall–Kier alpha value is -6.73. The standard InChI is InChI=1S/C51H36N4OS/c1-3-14-31(15-4-1)49-52-50(32-16-5-2-6-17-32)54-51(53-49)42-25-13-24-41-40-23-12-22-39(47(40)57-48(41)42)38-21-11-20-37-36-29-28-33(30-45(36)56-46(37)38)55-43-26-9-7-18-34(43)35-19-8-10-27-44(35)55/h1-12,14-24,26-30,49,51,53H,13,25H2,(H,52,54). The molecule has 2 unspecified atom stereocenters. The second-order valence-electron chi connectivity index (χ2n) is 15.0. The van der Waals surface area contributed by atoms with E-state index in [-0.39, 0.29) is 12.3 Å². The van der Waals surface area contributed by atoms with E-state index >= 15 is 0 Å². The monoisotopic (exact) mass is 752 g/mol. The fourth-order valence-corrected chi connectivity index (χ4v) is 10.6. The fourth-order valence-electron chi connectivity index (χ4n) is 9.17. The third kappa shape index (κ3) is 5.15. The zero-order chi connectivity index (χ0) is 37.5. The van der Waals surface area contributed by atoms with Crippen molar-refractivity contribution in [1.29, 1.82) is 0 Å². The van der Waals surface area contributed by atoms with Crippen LogP contribution in [0.15, 0.2) is 173 Å². The van der Waals surface area contributed by atoms with Gasteiger partial charge in [-0.2, -0.15) is 0 Å². The molecular formula is C51H36N4OS. The first-order chi connectivity index (χ1) is 28.3. The molecule has 6 heteroatoms. The number of aromatic nitrogens is 1. The third-order valence-corrected chi connectivity index (χ3v) is 13.1. The summed E-state index contributed by atoms with van der Waals surface area (Å²) in [6.45, 7) is 0. The third-order valence-electron chi connectivity index (χ3n) is 11.8. The van der Waals surface area contributed by atoms with Crippen molar-refractivity contribution in [3.63, 3.8) is 0 Å². The highest BCUT2D eigenvalue weighted by molar-refractivity contribution is 7.17. The number of fused-ring (bicyclic) bond motifs is 9. The SMILES string of the molecule is C1=c2c(sc3c(-c4cccc5c4oc4cc(-n6c7ccccc7c7ccccc76)ccc45)cccc23)=C(C2N=C(c3ccccc3)NC(c3ccccc3)N2)CC1. The first-order valence-electron chi connectivity index (χ1n) is 19.7. The molecule has 4 heterocycles.